The Morgan fingerprint density at radius 2 is 2.09 bits per heavy atom. The smallest absolute Gasteiger partial charge is 0.231 e. The number of hydrogen-bond donors (Lipinski definition) is 2. The molecule has 122 valence electrons. The molecule has 1 aliphatic rings. The third-order valence-electron chi connectivity index (χ3n) is 3.41. The number of ether oxygens (including phenoxy) is 2. The summed E-state index contributed by atoms with van der Waals surface area (Å²) >= 11 is 7.54. The van der Waals surface area contributed by atoms with Crippen molar-refractivity contribution in [2.75, 3.05) is 20.4 Å². The zero-order valence-electron chi connectivity index (χ0n) is 12.8. The van der Waals surface area contributed by atoms with Crippen molar-refractivity contribution < 1.29 is 9.47 Å². The Kier molecular flexibility index (Phi) is 5.25. The fourth-order valence-corrected chi connectivity index (χ4v) is 3.33. The maximum absolute atomic E-state index is 5.93. The molecule has 0 radical (unpaired) electrons. The second-order valence-corrected chi connectivity index (χ2v) is 6.80. The lowest BCUT2D eigenvalue weighted by Gasteiger charge is -2.11. The van der Waals surface area contributed by atoms with Crippen LogP contribution in [0.3, 0.4) is 0 Å². The summed E-state index contributed by atoms with van der Waals surface area (Å²) in [6.45, 7) is 1.76. The number of fused-ring (bicyclic) bond motifs is 1. The molecule has 0 spiro atoms. The van der Waals surface area contributed by atoms with E-state index < -0.39 is 0 Å². The van der Waals surface area contributed by atoms with Gasteiger partial charge >= 0.3 is 0 Å². The van der Waals surface area contributed by atoms with Gasteiger partial charge in [0.1, 0.15) is 0 Å². The van der Waals surface area contributed by atoms with E-state index in [1.807, 2.05) is 24.3 Å². The van der Waals surface area contributed by atoms with Gasteiger partial charge in [-0.2, -0.15) is 0 Å². The molecule has 1 aromatic carbocycles. The average molecular weight is 352 g/mol. The summed E-state index contributed by atoms with van der Waals surface area (Å²) in [7, 11) is 1.76. The average Bonchev–Trinajstić information content (AvgIpc) is 3.18. The topological polar surface area (TPSA) is 54.9 Å². The van der Waals surface area contributed by atoms with Crippen LogP contribution in [0.15, 0.2) is 35.3 Å². The van der Waals surface area contributed by atoms with Crippen LogP contribution in [0.1, 0.15) is 10.4 Å². The fraction of sp³-hybridized carbons (Fsp3) is 0.312. The van der Waals surface area contributed by atoms with Gasteiger partial charge in [-0.25, -0.2) is 0 Å². The first kappa shape index (κ1) is 16.0. The first-order valence-corrected chi connectivity index (χ1v) is 8.51. The van der Waals surface area contributed by atoms with Crippen LogP contribution in [0.25, 0.3) is 0 Å². The molecule has 0 bridgehead atoms. The molecule has 0 amide bonds. The van der Waals surface area contributed by atoms with Crippen LogP contribution < -0.4 is 20.1 Å². The third-order valence-corrected chi connectivity index (χ3v) is 4.70. The Labute approximate surface area is 144 Å². The number of thiophene rings is 1. The molecule has 23 heavy (non-hydrogen) atoms. The number of aliphatic imine (C=N–C) groups is 1. The molecule has 2 aromatic rings. The first-order chi connectivity index (χ1) is 11.2. The van der Waals surface area contributed by atoms with E-state index in [2.05, 4.69) is 21.7 Å². The summed E-state index contributed by atoms with van der Waals surface area (Å²) in [6.07, 6.45) is 0.919. The lowest BCUT2D eigenvalue weighted by atomic mass is 10.2. The summed E-state index contributed by atoms with van der Waals surface area (Å²) in [5.74, 6) is 2.36. The van der Waals surface area contributed by atoms with Crippen molar-refractivity contribution in [2.45, 2.75) is 13.0 Å². The summed E-state index contributed by atoms with van der Waals surface area (Å²) in [5.41, 5.74) is 1.11. The predicted molar refractivity (Wildman–Crippen MR) is 93.8 cm³/mol. The molecule has 0 atom stereocenters. The van der Waals surface area contributed by atoms with E-state index >= 15 is 0 Å². The van der Waals surface area contributed by atoms with Gasteiger partial charge in [-0.3, -0.25) is 4.99 Å². The Balaban J connectivity index is 1.46. The predicted octanol–water partition coefficient (Wildman–Crippen LogP) is 3.04. The van der Waals surface area contributed by atoms with Crippen LogP contribution in [0.2, 0.25) is 4.34 Å². The molecule has 2 heterocycles. The molecule has 5 nitrogen and oxygen atoms in total. The van der Waals surface area contributed by atoms with Gasteiger partial charge in [0.25, 0.3) is 0 Å². The summed E-state index contributed by atoms with van der Waals surface area (Å²) in [4.78, 5) is 5.49. The minimum Gasteiger partial charge on any atom is -0.454 e. The number of benzene rings is 1. The molecule has 1 aromatic heterocycles. The molecule has 2 N–H and O–H groups in total. The van der Waals surface area contributed by atoms with Gasteiger partial charge < -0.3 is 20.1 Å². The van der Waals surface area contributed by atoms with Crippen LogP contribution in [-0.2, 0) is 13.0 Å². The molecule has 0 saturated heterocycles. The van der Waals surface area contributed by atoms with Crippen LogP contribution in [0.5, 0.6) is 11.5 Å². The second kappa shape index (κ2) is 7.57. The standard InChI is InChI=1S/C16H18ClN3O2S/c1-18-16(19-7-6-12-3-5-15(17)23-12)20-9-11-2-4-13-14(8-11)22-10-21-13/h2-5,8H,6-7,9-10H2,1H3,(H2,18,19,20). The van der Waals surface area contributed by atoms with E-state index in [1.165, 1.54) is 4.88 Å². The summed E-state index contributed by atoms with van der Waals surface area (Å²) in [6, 6.07) is 9.90. The number of nitrogens with zero attached hydrogens (tertiary/aromatic N) is 1. The molecule has 3 rings (SSSR count). The van der Waals surface area contributed by atoms with Gasteiger partial charge in [0.15, 0.2) is 17.5 Å². The zero-order valence-corrected chi connectivity index (χ0v) is 14.3. The van der Waals surface area contributed by atoms with E-state index in [-0.39, 0.29) is 0 Å². The van der Waals surface area contributed by atoms with E-state index in [4.69, 9.17) is 21.1 Å². The quantitative estimate of drug-likeness (QED) is 0.642. The molecule has 0 unspecified atom stereocenters. The first-order valence-electron chi connectivity index (χ1n) is 7.32. The van der Waals surface area contributed by atoms with E-state index in [0.717, 1.165) is 40.3 Å². The molecule has 0 fully saturated rings. The van der Waals surface area contributed by atoms with Crippen molar-refractivity contribution in [2.24, 2.45) is 4.99 Å². The van der Waals surface area contributed by atoms with E-state index in [1.54, 1.807) is 18.4 Å². The van der Waals surface area contributed by atoms with E-state index in [9.17, 15) is 0 Å². The second-order valence-electron chi connectivity index (χ2n) is 5.00. The van der Waals surface area contributed by atoms with Gasteiger partial charge in [0.2, 0.25) is 6.79 Å². The number of rotatable bonds is 5. The fourth-order valence-electron chi connectivity index (χ4n) is 2.25. The number of guanidine groups is 1. The van der Waals surface area contributed by atoms with Crippen molar-refractivity contribution in [3.8, 4) is 11.5 Å². The number of halogens is 1. The van der Waals surface area contributed by atoms with Crippen LogP contribution >= 0.6 is 22.9 Å². The molecular formula is C16H18ClN3O2S. The highest BCUT2D eigenvalue weighted by atomic mass is 35.5. The molecular weight excluding hydrogens is 334 g/mol. The highest BCUT2D eigenvalue weighted by molar-refractivity contribution is 7.16. The highest BCUT2D eigenvalue weighted by Crippen LogP contribution is 2.32. The molecule has 0 saturated carbocycles. The normalized spacial score (nSPS) is 13.2. The zero-order chi connectivity index (χ0) is 16.1. The molecule has 0 aliphatic carbocycles. The maximum atomic E-state index is 5.93. The van der Waals surface area contributed by atoms with Crippen molar-refractivity contribution >= 4 is 28.9 Å². The number of hydrogen-bond acceptors (Lipinski definition) is 4. The Morgan fingerprint density at radius 1 is 1.22 bits per heavy atom. The van der Waals surface area contributed by atoms with Crippen LogP contribution in [-0.4, -0.2) is 26.3 Å². The highest BCUT2D eigenvalue weighted by Gasteiger charge is 2.13. The van der Waals surface area contributed by atoms with Crippen molar-refractivity contribution in [3.63, 3.8) is 0 Å². The van der Waals surface area contributed by atoms with Crippen molar-refractivity contribution in [3.05, 3.63) is 45.1 Å². The van der Waals surface area contributed by atoms with Gasteiger partial charge in [0.05, 0.1) is 4.34 Å². The van der Waals surface area contributed by atoms with Crippen molar-refractivity contribution in [1.82, 2.24) is 10.6 Å². The van der Waals surface area contributed by atoms with Gasteiger partial charge in [-0.1, -0.05) is 17.7 Å². The lowest BCUT2D eigenvalue weighted by molar-refractivity contribution is 0.174. The van der Waals surface area contributed by atoms with Gasteiger partial charge in [-0.05, 0) is 36.2 Å². The largest absolute Gasteiger partial charge is 0.454 e. The monoisotopic (exact) mass is 351 g/mol. The maximum Gasteiger partial charge on any atom is 0.231 e. The molecule has 7 heteroatoms. The minimum atomic E-state index is 0.294. The van der Waals surface area contributed by atoms with Crippen LogP contribution in [0.4, 0.5) is 0 Å². The summed E-state index contributed by atoms with van der Waals surface area (Å²) in [5, 5.41) is 6.58. The Morgan fingerprint density at radius 3 is 2.87 bits per heavy atom. The Bertz CT molecular complexity index is 702. The van der Waals surface area contributed by atoms with Crippen molar-refractivity contribution in [1.29, 1.82) is 0 Å². The number of nitrogens with one attached hydrogen (secondary N) is 2. The third kappa shape index (κ3) is 4.30. The molecule has 1 aliphatic heterocycles. The van der Waals surface area contributed by atoms with E-state index in [0.29, 0.717) is 13.3 Å². The van der Waals surface area contributed by atoms with Gasteiger partial charge in [0, 0.05) is 25.0 Å². The Hall–Kier alpha value is -1.92. The summed E-state index contributed by atoms with van der Waals surface area (Å²) < 4.78 is 11.5. The van der Waals surface area contributed by atoms with Crippen LogP contribution in [0, 0.1) is 0 Å². The van der Waals surface area contributed by atoms with Gasteiger partial charge in [-0.15, -0.1) is 11.3 Å². The minimum absolute atomic E-state index is 0.294. The lowest BCUT2D eigenvalue weighted by Crippen LogP contribution is -2.37. The SMILES string of the molecule is CN=C(NCCc1ccc(Cl)s1)NCc1ccc2c(c1)OCO2.